The van der Waals surface area contributed by atoms with Crippen LogP contribution in [0, 0.1) is 5.82 Å². The Balaban J connectivity index is 1.24. The number of benzene rings is 1. The van der Waals surface area contributed by atoms with Gasteiger partial charge < -0.3 is 15.5 Å². The van der Waals surface area contributed by atoms with Crippen molar-refractivity contribution >= 4 is 34.9 Å². The Hall–Kier alpha value is -3.63. The molecule has 1 atom stereocenters. The molecular weight excluding hydrogens is 557 g/mol. The van der Waals surface area contributed by atoms with Crippen molar-refractivity contribution < 1.29 is 14.0 Å². The molecule has 3 aromatic rings. The highest BCUT2D eigenvalue weighted by molar-refractivity contribution is 6.30. The molecule has 2 aliphatic heterocycles. The number of hydrogen-bond acceptors (Lipinski definition) is 7. The van der Waals surface area contributed by atoms with E-state index in [1.807, 2.05) is 18.7 Å². The van der Waals surface area contributed by atoms with E-state index in [4.69, 9.17) is 11.6 Å². The van der Waals surface area contributed by atoms with Gasteiger partial charge >= 0.3 is 0 Å². The quantitative estimate of drug-likeness (QED) is 0.303. The maximum atomic E-state index is 14.6. The van der Waals surface area contributed by atoms with E-state index in [-0.39, 0.29) is 35.2 Å². The molecule has 2 aliphatic rings. The van der Waals surface area contributed by atoms with Crippen LogP contribution in [-0.4, -0.2) is 75.3 Å². The molecule has 5 rings (SSSR count). The lowest BCUT2D eigenvalue weighted by Gasteiger charge is -2.27. The molecule has 42 heavy (non-hydrogen) atoms. The van der Waals surface area contributed by atoms with Crippen LogP contribution >= 0.6 is 11.6 Å². The van der Waals surface area contributed by atoms with Crippen LogP contribution in [0.1, 0.15) is 67.8 Å². The van der Waals surface area contributed by atoms with Gasteiger partial charge in [0.2, 0.25) is 5.91 Å². The molecule has 9 nitrogen and oxygen atoms in total. The molecule has 0 unspecified atom stereocenters. The Bertz CT molecular complexity index is 1430. The summed E-state index contributed by atoms with van der Waals surface area (Å²) in [7, 11) is 0. The lowest BCUT2D eigenvalue weighted by atomic mass is 10.1. The van der Waals surface area contributed by atoms with Gasteiger partial charge in [-0.3, -0.25) is 19.5 Å². The van der Waals surface area contributed by atoms with Crippen LogP contribution in [0.2, 0.25) is 5.02 Å². The molecule has 0 aliphatic carbocycles. The summed E-state index contributed by atoms with van der Waals surface area (Å²) in [4.78, 5) is 43.6. The number of anilines is 2. The molecule has 2 fully saturated rings. The third-order valence-electron chi connectivity index (χ3n) is 7.90. The first-order valence-electron chi connectivity index (χ1n) is 14.7. The first-order chi connectivity index (χ1) is 20.3. The van der Waals surface area contributed by atoms with Gasteiger partial charge in [-0.1, -0.05) is 25.4 Å². The van der Waals surface area contributed by atoms with Gasteiger partial charge in [-0.25, -0.2) is 14.4 Å². The van der Waals surface area contributed by atoms with Gasteiger partial charge in [0.1, 0.15) is 11.6 Å². The van der Waals surface area contributed by atoms with E-state index in [0.717, 1.165) is 63.8 Å². The molecule has 2 aromatic heterocycles. The fraction of sp³-hybridized carbons (Fsp3) is 0.452. The summed E-state index contributed by atoms with van der Waals surface area (Å²) >= 11 is 6.10. The van der Waals surface area contributed by atoms with Crippen LogP contribution in [0.5, 0.6) is 0 Å². The summed E-state index contributed by atoms with van der Waals surface area (Å²) < 4.78 is 14.6. The number of rotatable bonds is 10. The molecule has 1 aromatic carbocycles. The summed E-state index contributed by atoms with van der Waals surface area (Å²) in [6, 6.07) is 5.91. The van der Waals surface area contributed by atoms with Gasteiger partial charge in [0.05, 0.1) is 22.9 Å². The predicted octanol–water partition coefficient (Wildman–Crippen LogP) is 5.40. The number of pyridine rings is 1. The molecule has 2 amide bonds. The third-order valence-corrected chi connectivity index (χ3v) is 8.14. The monoisotopic (exact) mass is 593 g/mol. The largest absolute Gasteiger partial charge is 0.352 e. The van der Waals surface area contributed by atoms with Gasteiger partial charge in [0.25, 0.3) is 5.91 Å². The van der Waals surface area contributed by atoms with Crippen molar-refractivity contribution in [3.63, 3.8) is 0 Å². The smallest absolute Gasteiger partial charge is 0.254 e. The van der Waals surface area contributed by atoms with E-state index in [1.165, 1.54) is 24.4 Å². The third kappa shape index (κ3) is 6.87. The van der Waals surface area contributed by atoms with Crippen molar-refractivity contribution in [1.82, 2.24) is 30.1 Å². The summed E-state index contributed by atoms with van der Waals surface area (Å²) in [6.07, 6.45) is 9.61. The number of carbonyl (C=O) groups excluding carboxylic acids is 2. The summed E-state index contributed by atoms with van der Waals surface area (Å²) in [5.41, 5.74) is 1.89. The van der Waals surface area contributed by atoms with E-state index in [2.05, 4.69) is 30.5 Å². The van der Waals surface area contributed by atoms with E-state index < -0.39 is 5.82 Å². The van der Waals surface area contributed by atoms with Crippen molar-refractivity contribution in [2.45, 2.75) is 57.9 Å². The van der Waals surface area contributed by atoms with Crippen LogP contribution in [0.4, 0.5) is 15.9 Å². The molecule has 0 bridgehead atoms. The number of aromatic nitrogens is 3. The minimum Gasteiger partial charge on any atom is -0.352 e. The van der Waals surface area contributed by atoms with Crippen LogP contribution in [0.15, 0.2) is 42.9 Å². The second-order valence-electron chi connectivity index (χ2n) is 11.2. The molecule has 0 spiro atoms. The molecular formula is C31H37ClFN7O2. The van der Waals surface area contributed by atoms with Crippen LogP contribution in [0.25, 0.3) is 11.4 Å². The van der Waals surface area contributed by atoms with E-state index >= 15 is 0 Å². The van der Waals surface area contributed by atoms with E-state index in [1.54, 1.807) is 18.5 Å². The molecule has 2 N–H and O–H groups in total. The van der Waals surface area contributed by atoms with Crippen molar-refractivity contribution in [2.24, 2.45) is 0 Å². The zero-order valence-corrected chi connectivity index (χ0v) is 24.8. The molecule has 0 radical (unpaired) electrons. The summed E-state index contributed by atoms with van der Waals surface area (Å²) in [6.45, 7) is 7.88. The molecule has 2 saturated heterocycles. The number of halogens is 2. The van der Waals surface area contributed by atoms with Crippen molar-refractivity contribution in [1.29, 1.82) is 0 Å². The van der Waals surface area contributed by atoms with Gasteiger partial charge in [-0.2, -0.15) is 0 Å². The van der Waals surface area contributed by atoms with E-state index in [0.29, 0.717) is 28.6 Å². The maximum absolute atomic E-state index is 14.6. The molecule has 222 valence electrons. The fourth-order valence-electron chi connectivity index (χ4n) is 5.63. The Morgan fingerprint density at radius 3 is 2.71 bits per heavy atom. The lowest BCUT2D eigenvalue weighted by molar-refractivity contribution is -0.134. The number of nitrogens with zero attached hydrogens (tertiary/aromatic N) is 5. The van der Waals surface area contributed by atoms with Crippen molar-refractivity contribution in [2.75, 3.05) is 38.0 Å². The number of amides is 2. The number of hydrogen-bond donors (Lipinski definition) is 2. The average Bonchev–Trinajstić information content (AvgIpc) is 3.69. The highest BCUT2D eigenvalue weighted by atomic mass is 35.5. The maximum Gasteiger partial charge on any atom is 0.254 e. The average molecular weight is 594 g/mol. The second-order valence-corrected chi connectivity index (χ2v) is 11.6. The van der Waals surface area contributed by atoms with Crippen LogP contribution in [0.3, 0.4) is 0 Å². The van der Waals surface area contributed by atoms with Gasteiger partial charge in [-0.15, -0.1) is 0 Å². The van der Waals surface area contributed by atoms with Gasteiger partial charge in [-0.05, 0) is 68.8 Å². The zero-order valence-electron chi connectivity index (χ0n) is 24.1. The standard InChI is InChI=1S/C31H37ClFN7O2/c1-20(2)23-19-36-28(22-17-21(32)8-9-25(22)33)38-29(23)37-26-10-12-34-18-24(26)30(41)35-11-6-16-39-15-5-7-27(39)31(42)40-13-3-4-14-40/h8-10,12,17-20,27H,3-7,11,13-16H2,1-2H3,(H,35,41)(H,34,36,37,38)/t27-/m0/s1. The van der Waals surface area contributed by atoms with Gasteiger partial charge in [0.15, 0.2) is 5.82 Å². The predicted molar refractivity (Wildman–Crippen MR) is 161 cm³/mol. The van der Waals surface area contributed by atoms with Crippen molar-refractivity contribution in [3.05, 3.63) is 64.8 Å². The van der Waals surface area contributed by atoms with Crippen molar-refractivity contribution in [3.8, 4) is 11.4 Å². The Morgan fingerprint density at radius 1 is 1.12 bits per heavy atom. The number of likely N-dealkylation sites (tertiary alicyclic amines) is 2. The van der Waals surface area contributed by atoms with Gasteiger partial charge in [0, 0.05) is 55.4 Å². The minimum absolute atomic E-state index is 0.0405. The topological polar surface area (TPSA) is 103 Å². The lowest BCUT2D eigenvalue weighted by Crippen LogP contribution is -2.45. The fourth-order valence-corrected chi connectivity index (χ4v) is 5.80. The van der Waals surface area contributed by atoms with E-state index in [9.17, 15) is 14.0 Å². The first-order valence-corrected chi connectivity index (χ1v) is 15.0. The first kappa shape index (κ1) is 29.8. The molecule has 4 heterocycles. The Morgan fingerprint density at radius 2 is 1.93 bits per heavy atom. The number of nitrogens with one attached hydrogen (secondary N) is 2. The number of carbonyl (C=O) groups is 2. The Kier molecular flexibility index (Phi) is 9.64. The second kappa shape index (κ2) is 13.6. The Labute approximate surface area is 250 Å². The summed E-state index contributed by atoms with van der Waals surface area (Å²) in [5, 5.41) is 6.65. The normalized spacial score (nSPS) is 17.2. The SMILES string of the molecule is CC(C)c1cnc(-c2cc(Cl)ccc2F)nc1Nc1ccncc1C(=O)NCCCN1CCC[C@H]1C(=O)N1CCCC1. The summed E-state index contributed by atoms with van der Waals surface area (Å²) in [5.74, 6) is 0.233. The zero-order chi connectivity index (χ0) is 29.6. The molecule has 11 heteroatoms. The molecule has 0 saturated carbocycles. The van der Waals surface area contributed by atoms with Crippen LogP contribution in [-0.2, 0) is 4.79 Å². The highest BCUT2D eigenvalue weighted by Gasteiger charge is 2.34. The minimum atomic E-state index is -0.479. The van der Waals surface area contributed by atoms with Crippen LogP contribution < -0.4 is 10.6 Å². The highest BCUT2D eigenvalue weighted by Crippen LogP contribution is 2.30.